The van der Waals surface area contributed by atoms with Crippen LogP contribution in [0.25, 0.3) is 0 Å². The van der Waals surface area contributed by atoms with Gasteiger partial charge in [-0.2, -0.15) is 8.42 Å². The third-order valence-corrected chi connectivity index (χ3v) is 0.625. The van der Waals surface area contributed by atoms with Crippen molar-refractivity contribution in [1.29, 1.82) is 0 Å². The lowest BCUT2D eigenvalue weighted by Crippen LogP contribution is -2.31. The van der Waals surface area contributed by atoms with Gasteiger partial charge in [-0.25, -0.2) is 5.48 Å². The number of rotatable bonds is 2. The van der Waals surface area contributed by atoms with Crippen LogP contribution in [0.15, 0.2) is 0 Å². The van der Waals surface area contributed by atoms with Crippen LogP contribution in [-0.2, 0) is 14.7 Å². The number of nitrogens with two attached hydrogens (primary N) is 1. The monoisotopic (exact) mass is 172 g/mol. The Morgan fingerprint density at radius 2 is 2.22 bits per heavy atom. The van der Waals surface area contributed by atoms with E-state index in [-0.39, 0.29) is 5.11 Å². The first kappa shape index (κ1) is 8.56. The maximum Gasteiger partial charge on any atom is 0.418 e. The van der Waals surface area contributed by atoms with Gasteiger partial charge in [0.2, 0.25) is 0 Å². The number of hydrogen-bond acceptors (Lipinski definition) is 4. The van der Waals surface area contributed by atoms with Gasteiger partial charge >= 0.3 is 10.4 Å². The van der Waals surface area contributed by atoms with Crippen LogP contribution in [0.3, 0.4) is 0 Å². The fraction of sp³-hybridized carbons (Fsp3) is 0. The second-order valence-electron chi connectivity index (χ2n) is 0.977. The van der Waals surface area contributed by atoms with Gasteiger partial charge in [-0.1, -0.05) is 0 Å². The van der Waals surface area contributed by atoms with E-state index in [0.29, 0.717) is 0 Å². The quantitative estimate of drug-likeness (QED) is 0.266. The third-order valence-electron chi connectivity index (χ3n) is 0.248. The first-order valence-electron chi connectivity index (χ1n) is 1.63. The Kier molecular flexibility index (Phi) is 2.77. The molecular weight excluding hydrogens is 168 g/mol. The van der Waals surface area contributed by atoms with Crippen molar-refractivity contribution >= 4 is 27.7 Å². The van der Waals surface area contributed by atoms with Crippen molar-refractivity contribution in [3.05, 3.63) is 0 Å². The fourth-order valence-corrected chi connectivity index (χ4v) is 0.383. The van der Waals surface area contributed by atoms with Gasteiger partial charge in [0.15, 0.2) is 5.11 Å². The van der Waals surface area contributed by atoms with Crippen molar-refractivity contribution in [2.45, 2.75) is 0 Å². The van der Waals surface area contributed by atoms with Crippen LogP contribution >= 0.6 is 12.2 Å². The molecule has 0 fully saturated rings. The van der Waals surface area contributed by atoms with Crippen LogP contribution in [0.1, 0.15) is 0 Å². The molecule has 0 aromatic carbocycles. The molecule has 0 rings (SSSR count). The Morgan fingerprint density at radius 1 is 1.78 bits per heavy atom. The lowest BCUT2D eigenvalue weighted by atomic mass is 11.2. The molecule has 0 atom stereocenters. The number of hydroxylamine groups is 1. The molecule has 0 amide bonds. The zero-order valence-electron chi connectivity index (χ0n) is 4.07. The summed E-state index contributed by atoms with van der Waals surface area (Å²) in [6.07, 6.45) is 0. The summed E-state index contributed by atoms with van der Waals surface area (Å²) in [5.41, 5.74) is 6.28. The lowest BCUT2D eigenvalue weighted by Gasteiger charge is -1.97. The Bertz CT molecular complexity index is 195. The van der Waals surface area contributed by atoms with E-state index in [1.165, 1.54) is 0 Å². The normalized spacial score (nSPS) is 10.8. The molecule has 0 radical (unpaired) electrons. The zero-order valence-corrected chi connectivity index (χ0v) is 5.70. The molecule has 0 saturated carbocycles. The topological polar surface area (TPSA) is 102 Å². The molecule has 0 aromatic heterocycles. The average Bonchev–Trinajstić information content (AvgIpc) is 1.59. The molecule has 0 spiro atoms. The minimum Gasteiger partial charge on any atom is -0.375 e. The predicted molar refractivity (Wildman–Crippen MR) is 32.6 cm³/mol. The summed E-state index contributed by atoms with van der Waals surface area (Å²) >= 11 is 4.13. The van der Waals surface area contributed by atoms with Gasteiger partial charge < -0.3 is 5.73 Å². The standard InChI is InChI=1S/CH4N2O4S2/c2-1(8)3-7-9(4,5)6/h(H3,2,3,8)(H,4,5,6). The third kappa shape index (κ3) is 7.56. The molecule has 4 N–H and O–H groups in total. The van der Waals surface area contributed by atoms with Crippen molar-refractivity contribution in [2.75, 3.05) is 0 Å². The van der Waals surface area contributed by atoms with Crippen molar-refractivity contribution in [3.63, 3.8) is 0 Å². The van der Waals surface area contributed by atoms with Crippen LogP contribution < -0.4 is 11.2 Å². The molecule has 6 nitrogen and oxygen atoms in total. The summed E-state index contributed by atoms with van der Waals surface area (Å²) in [6.45, 7) is 0. The molecule has 0 unspecified atom stereocenters. The molecule has 0 aliphatic heterocycles. The molecule has 9 heavy (non-hydrogen) atoms. The smallest absolute Gasteiger partial charge is 0.375 e. The molecular formula is CH4N2O4S2. The molecule has 0 aliphatic carbocycles. The lowest BCUT2D eigenvalue weighted by molar-refractivity contribution is 0.228. The molecule has 0 aromatic rings. The molecule has 0 aliphatic rings. The molecule has 0 bridgehead atoms. The maximum atomic E-state index is 9.69. The minimum absolute atomic E-state index is 0.382. The van der Waals surface area contributed by atoms with Crippen LogP contribution in [0.5, 0.6) is 0 Å². The van der Waals surface area contributed by atoms with Crippen molar-refractivity contribution in [3.8, 4) is 0 Å². The van der Waals surface area contributed by atoms with E-state index in [9.17, 15) is 8.42 Å². The van der Waals surface area contributed by atoms with Gasteiger partial charge in [0.1, 0.15) is 0 Å². The first-order chi connectivity index (χ1) is 3.92. The summed E-state index contributed by atoms with van der Waals surface area (Å²) in [7, 11) is -4.50. The van der Waals surface area contributed by atoms with E-state index in [1.54, 1.807) is 5.48 Å². The van der Waals surface area contributed by atoms with E-state index in [4.69, 9.17) is 10.3 Å². The van der Waals surface area contributed by atoms with Gasteiger partial charge in [-0.15, -0.1) is 4.28 Å². The summed E-state index contributed by atoms with van der Waals surface area (Å²) in [5, 5.41) is -0.382. The van der Waals surface area contributed by atoms with Crippen molar-refractivity contribution in [2.24, 2.45) is 5.73 Å². The SMILES string of the molecule is NC(=S)NOS(=O)(=O)O. The highest BCUT2D eigenvalue weighted by molar-refractivity contribution is 7.81. The summed E-state index contributed by atoms with van der Waals surface area (Å²) in [5.74, 6) is 0. The molecule has 8 heteroatoms. The molecule has 0 saturated heterocycles. The summed E-state index contributed by atoms with van der Waals surface area (Å²) in [6, 6.07) is 0. The van der Waals surface area contributed by atoms with E-state index in [0.717, 1.165) is 0 Å². The van der Waals surface area contributed by atoms with Crippen LogP contribution in [0.2, 0.25) is 0 Å². The van der Waals surface area contributed by atoms with Gasteiger partial charge in [-0.05, 0) is 12.2 Å². The summed E-state index contributed by atoms with van der Waals surface area (Å²) < 4.78 is 30.7. The minimum atomic E-state index is -4.50. The highest BCUT2D eigenvalue weighted by Gasteiger charge is 2.02. The summed E-state index contributed by atoms with van der Waals surface area (Å²) in [4.78, 5) is 0. The van der Waals surface area contributed by atoms with E-state index in [1.807, 2.05) is 0 Å². The van der Waals surface area contributed by atoms with Gasteiger partial charge in [-0.3, -0.25) is 4.55 Å². The van der Waals surface area contributed by atoms with Crippen molar-refractivity contribution < 1.29 is 17.3 Å². The second-order valence-corrected chi connectivity index (χ2v) is 2.44. The average molecular weight is 172 g/mol. The van der Waals surface area contributed by atoms with Crippen LogP contribution in [-0.4, -0.2) is 18.1 Å². The Hall–Kier alpha value is -0.440. The van der Waals surface area contributed by atoms with E-state index >= 15 is 0 Å². The Balaban J connectivity index is 3.67. The second kappa shape index (κ2) is 2.92. The highest BCUT2D eigenvalue weighted by Crippen LogP contribution is 1.77. The predicted octanol–water partition coefficient (Wildman–Crippen LogP) is -1.45. The number of thiocarbonyl (C=S) groups is 1. The van der Waals surface area contributed by atoms with Crippen LogP contribution in [0, 0.1) is 0 Å². The Labute approximate surface area is 56.9 Å². The fourth-order valence-electron chi connectivity index (χ4n) is 0.0937. The van der Waals surface area contributed by atoms with Crippen molar-refractivity contribution in [1.82, 2.24) is 5.48 Å². The van der Waals surface area contributed by atoms with E-state index in [2.05, 4.69) is 16.5 Å². The number of nitrogens with one attached hydrogen (secondary N) is 1. The molecule has 54 valence electrons. The highest BCUT2D eigenvalue weighted by atomic mass is 32.3. The first-order valence-corrected chi connectivity index (χ1v) is 3.40. The van der Waals surface area contributed by atoms with Crippen LogP contribution in [0.4, 0.5) is 0 Å². The molecule has 0 heterocycles. The number of hydrogen-bond donors (Lipinski definition) is 3. The zero-order chi connectivity index (χ0) is 7.49. The maximum absolute atomic E-state index is 9.69. The largest absolute Gasteiger partial charge is 0.418 e. The van der Waals surface area contributed by atoms with E-state index < -0.39 is 10.4 Å². The van der Waals surface area contributed by atoms with Gasteiger partial charge in [0, 0.05) is 0 Å². The van der Waals surface area contributed by atoms with Gasteiger partial charge in [0.05, 0.1) is 0 Å². The Morgan fingerprint density at radius 3 is 2.33 bits per heavy atom. The van der Waals surface area contributed by atoms with Gasteiger partial charge in [0.25, 0.3) is 0 Å².